The van der Waals surface area contributed by atoms with E-state index >= 15 is 0 Å². The van der Waals surface area contributed by atoms with Gasteiger partial charge in [0.2, 0.25) is 5.91 Å². The van der Waals surface area contributed by atoms with Crippen molar-refractivity contribution in [2.45, 2.75) is 38.7 Å². The fraction of sp³-hybridized carbons (Fsp3) is 0.389. The van der Waals surface area contributed by atoms with Crippen LogP contribution in [-0.4, -0.2) is 29.5 Å². The third kappa shape index (κ3) is 4.64. The van der Waals surface area contributed by atoms with Crippen molar-refractivity contribution in [3.8, 4) is 11.3 Å². The number of aromatic nitrogens is 1. The first-order valence-corrected chi connectivity index (χ1v) is 9.32. The first-order chi connectivity index (χ1) is 12.2. The fourth-order valence-corrected chi connectivity index (χ4v) is 3.33. The van der Waals surface area contributed by atoms with E-state index in [0.29, 0.717) is 18.2 Å². The molecule has 132 valence electrons. The third-order valence-corrected chi connectivity index (χ3v) is 4.66. The number of hydrogen-bond acceptors (Lipinski definition) is 5. The topological polar surface area (TPSA) is 80.3 Å². The minimum atomic E-state index is -0.363. The van der Waals surface area contributed by atoms with Gasteiger partial charge in [-0.15, -0.1) is 11.3 Å². The van der Waals surface area contributed by atoms with Crippen molar-refractivity contribution in [1.82, 2.24) is 4.98 Å². The molecule has 0 spiro atoms. The molecule has 1 aliphatic rings. The van der Waals surface area contributed by atoms with Crippen molar-refractivity contribution < 1.29 is 14.3 Å². The molecular formula is C18H21N3O3S. The van der Waals surface area contributed by atoms with Crippen molar-refractivity contribution in [2.24, 2.45) is 0 Å². The van der Waals surface area contributed by atoms with Gasteiger partial charge in [-0.3, -0.25) is 14.9 Å². The van der Waals surface area contributed by atoms with Crippen LogP contribution in [0.25, 0.3) is 11.3 Å². The summed E-state index contributed by atoms with van der Waals surface area (Å²) in [5.41, 5.74) is 2.49. The molecular weight excluding hydrogens is 338 g/mol. The minimum absolute atomic E-state index is 0.0167. The molecule has 6 nitrogen and oxygen atoms in total. The Bertz CT molecular complexity index is 736. The number of benzene rings is 1. The van der Waals surface area contributed by atoms with Gasteiger partial charge in [-0.05, 0) is 31.4 Å². The first-order valence-electron chi connectivity index (χ1n) is 8.44. The molecule has 2 aromatic rings. The molecule has 1 atom stereocenters. The number of amides is 2. The van der Waals surface area contributed by atoms with Crippen molar-refractivity contribution in [3.05, 3.63) is 29.6 Å². The molecule has 0 unspecified atom stereocenters. The van der Waals surface area contributed by atoms with Crippen LogP contribution in [0.3, 0.4) is 0 Å². The second-order valence-electron chi connectivity index (χ2n) is 5.90. The highest BCUT2D eigenvalue weighted by atomic mass is 32.1. The highest BCUT2D eigenvalue weighted by Crippen LogP contribution is 2.26. The Hall–Kier alpha value is -2.25. The van der Waals surface area contributed by atoms with E-state index in [1.54, 1.807) is 0 Å². The molecule has 1 aromatic carbocycles. The van der Waals surface area contributed by atoms with Crippen LogP contribution in [-0.2, 0) is 14.3 Å². The average Bonchev–Trinajstić information content (AvgIpc) is 3.27. The Morgan fingerprint density at radius 2 is 2.08 bits per heavy atom. The van der Waals surface area contributed by atoms with Crippen LogP contribution in [0, 0.1) is 0 Å². The quantitative estimate of drug-likeness (QED) is 0.825. The lowest BCUT2D eigenvalue weighted by Gasteiger charge is -2.07. The van der Waals surface area contributed by atoms with E-state index in [-0.39, 0.29) is 17.9 Å². The van der Waals surface area contributed by atoms with E-state index in [1.807, 2.05) is 36.6 Å². The SMILES string of the molecule is CCCC(=O)Nc1ccc(-c2csc(NC(=O)[C@H]3CCCO3)n2)cc1. The number of rotatable bonds is 6. The van der Waals surface area contributed by atoms with Crippen molar-refractivity contribution in [3.63, 3.8) is 0 Å². The number of carbonyl (C=O) groups is 2. The number of hydrogen-bond donors (Lipinski definition) is 2. The van der Waals surface area contributed by atoms with Crippen LogP contribution >= 0.6 is 11.3 Å². The number of ether oxygens (including phenoxy) is 1. The summed E-state index contributed by atoms with van der Waals surface area (Å²) in [5, 5.41) is 8.13. The summed E-state index contributed by atoms with van der Waals surface area (Å²) in [7, 11) is 0. The molecule has 0 bridgehead atoms. The molecule has 0 aliphatic carbocycles. The smallest absolute Gasteiger partial charge is 0.255 e. The maximum absolute atomic E-state index is 12.1. The van der Waals surface area contributed by atoms with Crippen LogP contribution < -0.4 is 10.6 Å². The maximum Gasteiger partial charge on any atom is 0.255 e. The predicted molar refractivity (Wildman–Crippen MR) is 98.7 cm³/mol. The van der Waals surface area contributed by atoms with Gasteiger partial charge < -0.3 is 10.1 Å². The zero-order valence-corrected chi connectivity index (χ0v) is 14.9. The number of carbonyl (C=O) groups excluding carboxylic acids is 2. The summed E-state index contributed by atoms with van der Waals surface area (Å²) in [6.07, 6.45) is 2.65. The molecule has 1 saturated heterocycles. The maximum atomic E-state index is 12.1. The van der Waals surface area contributed by atoms with E-state index < -0.39 is 0 Å². The largest absolute Gasteiger partial charge is 0.368 e. The van der Waals surface area contributed by atoms with Gasteiger partial charge >= 0.3 is 0 Å². The fourth-order valence-electron chi connectivity index (χ4n) is 2.61. The Morgan fingerprint density at radius 1 is 1.28 bits per heavy atom. The van der Waals surface area contributed by atoms with Crippen LogP contribution in [0.15, 0.2) is 29.6 Å². The van der Waals surface area contributed by atoms with Crippen LogP contribution in [0.4, 0.5) is 10.8 Å². The minimum Gasteiger partial charge on any atom is -0.368 e. The van der Waals surface area contributed by atoms with Gasteiger partial charge in [0.1, 0.15) is 6.10 Å². The molecule has 1 aliphatic heterocycles. The first kappa shape index (κ1) is 17.6. The van der Waals surface area contributed by atoms with E-state index in [2.05, 4.69) is 15.6 Å². The molecule has 3 rings (SSSR count). The predicted octanol–water partition coefficient (Wildman–Crippen LogP) is 3.67. The lowest BCUT2D eigenvalue weighted by molar-refractivity contribution is -0.124. The monoisotopic (exact) mass is 359 g/mol. The van der Waals surface area contributed by atoms with Crippen LogP contribution in [0.2, 0.25) is 0 Å². The summed E-state index contributed by atoms with van der Waals surface area (Å²) >= 11 is 1.38. The van der Waals surface area contributed by atoms with Gasteiger partial charge in [-0.25, -0.2) is 4.98 Å². The lowest BCUT2D eigenvalue weighted by Crippen LogP contribution is -2.26. The lowest BCUT2D eigenvalue weighted by atomic mass is 10.1. The zero-order chi connectivity index (χ0) is 17.6. The number of nitrogens with one attached hydrogen (secondary N) is 2. The van der Waals surface area contributed by atoms with E-state index in [9.17, 15) is 9.59 Å². The molecule has 2 heterocycles. The highest BCUT2D eigenvalue weighted by Gasteiger charge is 2.24. The number of anilines is 2. The van der Waals surface area contributed by atoms with E-state index in [0.717, 1.165) is 36.2 Å². The Kier molecular flexibility index (Phi) is 5.78. The summed E-state index contributed by atoms with van der Waals surface area (Å²) < 4.78 is 5.37. The average molecular weight is 359 g/mol. The van der Waals surface area contributed by atoms with E-state index in [4.69, 9.17) is 4.74 Å². The molecule has 1 aromatic heterocycles. The standard InChI is InChI=1S/C18H21N3O3S/c1-2-4-16(22)19-13-8-6-12(7-9-13)14-11-25-18(20-14)21-17(23)15-5-3-10-24-15/h6-9,11,15H,2-5,10H2,1H3,(H,19,22)(H,20,21,23)/t15-/m1/s1. The van der Waals surface area contributed by atoms with Gasteiger partial charge in [-0.2, -0.15) is 0 Å². The van der Waals surface area contributed by atoms with Crippen molar-refractivity contribution in [2.75, 3.05) is 17.2 Å². The third-order valence-electron chi connectivity index (χ3n) is 3.90. The molecule has 2 N–H and O–H groups in total. The van der Waals surface area contributed by atoms with Crippen LogP contribution in [0.5, 0.6) is 0 Å². The van der Waals surface area contributed by atoms with Crippen molar-refractivity contribution in [1.29, 1.82) is 0 Å². The summed E-state index contributed by atoms with van der Waals surface area (Å²) in [6.45, 7) is 2.61. The second-order valence-corrected chi connectivity index (χ2v) is 6.76. The Morgan fingerprint density at radius 3 is 2.76 bits per heavy atom. The second kappa shape index (κ2) is 8.22. The van der Waals surface area contributed by atoms with Gasteiger partial charge in [0.15, 0.2) is 5.13 Å². The molecule has 1 fully saturated rings. The molecule has 7 heteroatoms. The Balaban J connectivity index is 1.61. The van der Waals surface area contributed by atoms with Crippen molar-refractivity contribution >= 4 is 34.0 Å². The summed E-state index contributed by atoms with van der Waals surface area (Å²) in [5.74, 6) is -0.115. The van der Waals surface area contributed by atoms with Gasteiger partial charge in [0.25, 0.3) is 5.91 Å². The zero-order valence-electron chi connectivity index (χ0n) is 14.1. The van der Waals surface area contributed by atoms with Gasteiger partial charge in [0, 0.05) is 29.7 Å². The summed E-state index contributed by atoms with van der Waals surface area (Å²) in [6, 6.07) is 7.52. The molecule has 25 heavy (non-hydrogen) atoms. The normalized spacial score (nSPS) is 16.6. The number of thiazole rings is 1. The number of nitrogens with zero attached hydrogens (tertiary/aromatic N) is 1. The van der Waals surface area contributed by atoms with E-state index in [1.165, 1.54) is 11.3 Å². The molecule has 0 saturated carbocycles. The van der Waals surface area contributed by atoms with Gasteiger partial charge in [0.05, 0.1) is 5.69 Å². The summed E-state index contributed by atoms with van der Waals surface area (Å²) in [4.78, 5) is 28.1. The highest BCUT2D eigenvalue weighted by molar-refractivity contribution is 7.14. The van der Waals surface area contributed by atoms with Gasteiger partial charge in [-0.1, -0.05) is 19.1 Å². The Labute approximate surface area is 150 Å². The molecule has 2 amide bonds. The van der Waals surface area contributed by atoms with Crippen LogP contribution in [0.1, 0.15) is 32.6 Å². The molecule has 0 radical (unpaired) electrons.